The Morgan fingerprint density at radius 3 is 2.22 bits per heavy atom. The van der Waals surface area contributed by atoms with Gasteiger partial charge >= 0.3 is 0 Å². The van der Waals surface area contributed by atoms with Crippen LogP contribution >= 0.6 is 0 Å². The molecule has 2 saturated heterocycles. The monoisotopic (exact) mass is 371 g/mol. The Morgan fingerprint density at radius 1 is 0.963 bits per heavy atom. The molecule has 3 fully saturated rings. The molecule has 1 aliphatic carbocycles. The van der Waals surface area contributed by atoms with E-state index >= 15 is 0 Å². The summed E-state index contributed by atoms with van der Waals surface area (Å²) in [6.07, 6.45) is 8.55. The molecule has 2 aliphatic heterocycles. The zero-order chi connectivity index (χ0) is 18.8. The Morgan fingerprint density at radius 2 is 1.59 bits per heavy atom. The lowest BCUT2D eigenvalue weighted by Crippen LogP contribution is -2.46. The number of rotatable bonds is 4. The Balaban J connectivity index is 1.28. The second-order valence-corrected chi connectivity index (χ2v) is 8.36. The SMILES string of the molecule is O=C(C1CCC1)N1CCC(C(=O)N2C[C@@H](Cc3ccncc3)[C@H](O)C2)CC1. The van der Waals surface area contributed by atoms with Crippen molar-refractivity contribution in [3.8, 4) is 0 Å². The molecule has 2 atom stereocenters. The maximum atomic E-state index is 12.9. The fourth-order valence-corrected chi connectivity index (χ4v) is 4.57. The number of carbonyl (C=O) groups is 2. The van der Waals surface area contributed by atoms with Crippen LogP contribution in [0, 0.1) is 17.8 Å². The van der Waals surface area contributed by atoms with Gasteiger partial charge in [-0.15, -0.1) is 0 Å². The molecule has 0 radical (unpaired) electrons. The lowest BCUT2D eigenvalue weighted by atomic mass is 9.83. The molecule has 6 nitrogen and oxygen atoms in total. The van der Waals surface area contributed by atoms with Crippen molar-refractivity contribution in [3.05, 3.63) is 30.1 Å². The summed E-state index contributed by atoms with van der Waals surface area (Å²) in [5.41, 5.74) is 1.14. The van der Waals surface area contributed by atoms with Gasteiger partial charge in [0.2, 0.25) is 11.8 Å². The summed E-state index contributed by atoms with van der Waals surface area (Å²) in [5, 5.41) is 10.4. The average molecular weight is 371 g/mol. The van der Waals surface area contributed by atoms with E-state index in [1.807, 2.05) is 21.9 Å². The van der Waals surface area contributed by atoms with Gasteiger partial charge in [0.25, 0.3) is 0 Å². The number of hydrogen-bond acceptors (Lipinski definition) is 4. The van der Waals surface area contributed by atoms with Crippen molar-refractivity contribution < 1.29 is 14.7 Å². The van der Waals surface area contributed by atoms with Crippen LogP contribution in [0.1, 0.15) is 37.7 Å². The molecule has 146 valence electrons. The summed E-state index contributed by atoms with van der Waals surface area (Å²) in [6.45, 7) is 2.44. The molecule has 0 bridgehead atoms. The van der Waals surface area contributed by atoms with Gasteiger partial charge in [-0.25, -0.2) is 0 Å². The van der Waals surface area contributed by atoms with Crippen LogP contribution in [0.4, 0.5) is 0 Å². The quantitative estimate of drug-likeness (QED) is 0.870. The van der Waals surface area contributed by atoms with Crippen LogP contribution < -0.4 is 0 Å². The van der Waals surface area contributed by atoms with Crippen LogP contribution in [0.3, 0.4) is 0 Å². The average Bonchev–Trinajstić information content (AvgIpc) is 3.01. The number of pyridine rings is 1. The first-order valence-corrected chi connectivity index (χ1v) is 10.3. The molecule has 0 unspecified atom stereocenters. The van der Waals surface area contributed by atoms with Crippen molar-refractivity contribution in [2.24, 2.45) is 17.8 Å². The van der Waals surface area contributed by atoms with Crippen molar-refractivity contribution in [2.45, 2.75) is 44.6 Å². The molecule has 1 aromatic heterocycles. The highest BCUT2D eigenvalue weighted by molar-refractivity contribution is 5.81. The summed E-state index contributed by atoms with van der Waals surface area (Å²) in [4.78, 5) is 33.1. The van der Waals surface area contributed by atoms with Gasteiger partial charge in [-0.1, -0.05) is 6.42 Å². The standard InChI is InChI=1S/C21H29N3O3/c25-19-14-24(13-18(19)12-15-4-8-22-9-5-15)21(27)17-6-10-23(11-7-17)20(26)16-2-1-3-16/h4-5,8-9,16-19,25H,1-3,6-7,10-14H2/t18-,19-/m1/s1. The zero-order valence-corrected chi connectivity index (χ0v) is 15.8. The number of piperidine rings is 1. The minimum atomic E-state index is -0.470. The molecule has 0 aromatic carbocycles. The molecule has 3 heterocycles. The van der Waals surface area contributed by atoms with E-state index in [2.05, 4.69) is 4.98 Å². The van der Waals surface area contributed by atoms with E-state index in [4.69, 9.17) is 0 Å². The van der Waals surface area contributed by atoms with Gasteiger partial charge < -0.3 is 14.9 Å². The van der Waals surface area contributed by atoms with E-state index in [9.17, 15) is 14.7 Å². The Labute approximate surface area is 160 Å². The van der Waals surface area contributed by atoms with Crippen LogP contribution in [-0.2, 0) is 16.0 Å². The molecule has 27 heavy (non-hydrogen) atoms. The summed E-state index contributed by atoms with van der Waals surface area (Å²) < 4.78 is 0. The second-order valence-electron chi connectivity index (χ2n) is 8.36. The number of aliphatic hydroxyl groups excluding tert-OH is 1. The van der Waals surface area contributed by atoms with E-state index < -0.39 is 6.10 Å². The third kappa shape index (κ3) is 4.00. The van der Waals surface area contributed by atoms with E-state index in [1.54, 1.807) is 12.4 Å². The summed E-state index contributed by atoms with van der Waals surface area (Å²) in [5.74, 6) is 0.752. The van der Waals surface area contributed by atoms with Crippen LogP contribution in [0.15, 0.2) is 24.5 Å². The summed E-state index contributed by atoms with van der Waals surface area (Å²) >= 11 is 0. The fourth-order valence-electron chi connectivity index (χ4n) is 4.57. The van der Waals surface area contributed by atoms with Crippen molar-refractivity contribution >= 4 is 11.8 Å². The third-order valence-electron chi connectivity index (χ3n) is 6.58. The number of aliphatic hydroxyl groups is 1. The first-order valence-electron chi connectivity index (χ1n) is 10.3. The maximum absolute atomic E-state index is 12.9. The molecule has 4 rings (SSSR count). The van der Waals surface area contributed by atoms with Gasteiger partial charge in [0.05, 0.1) is 6.10 Å². The Bertz CT molecular complexity index is 669. The topological polar surface area (TPSA) is 73.7 Å². The number of likely N-dealkylation sites (tertiary alicyclic amines) is 2. The number of nitrogens with zero attached hydrogens (tertiary/aromatic N) is 3. The highest BCUT2D eigenvalue weighted by Crippen LogP contribution is 2.31. The number of β-amino-alcohol motifs (C(OH)–C–C–N with tert-alkyl or cyclic N) is 1. The number of aromatic nitrogens is 1. The van der Waals surface area contributed by atoms with Crippen molar-refractivity contribution in [1.82, 2.24) is 14.8 Å². The maximum Gasteiger partial charge on any atom is 0.225 e. The molecule has 2 amide bonds. The minimum absolute atomic E-state index is 0.0117. The predicted octanol–water partition coefficient (Wildman–Crippen LogP) is 1.48. The number of hydrogen-bond donors (Lipinski definition) is 1. The smallest absolute Gasteiger partial charge is 0.225 e. The van der Waals surface area contributed by atoms with Crippen LogP contribution in [0.2, 0.25) is 0 Å². The van der Waals surface area contributed by atoms with Crippen LogP contribution in [0.25, 0.3) is 0 Å². The van der Waals surface area contributed by atoms with Crippen LogP contribution in [0.5, 0.6) is 0 Å². The largest absolute Gasteiger partial charge is 0.391 e. The fraction of sp³-hybridized carbons (Fsp3) is 0.667. The molecule has 0 spiro atoms. The molecule has 1 N–H and O–H groups in total. The van der Waals surface area contributed by atoms with Gasteiger partial charge in [-0.3, -0.25) is 14.6 Å². The summed E-state index contributed by atoms with van der Waals surface area (Å²) in [7, 11) is 0. The molecule has 6 heteroatoms. The zero-order valence-electron chi connectivity index (χ0n) is 15.8. The number of amides is 2. The van der Waals surface area contributed by atoms with E-state index in [0.717, 1.165) is 37.7 Å². The third-order valence-corrected chi connectivity index (χ3v) is 6.58. The van der Waals surface area contributed by atoms with Crippen molar-refractivity contribution in [1.29, 1.82) is 0 Å². The first kappa shape index (κ1) is 18.4. The normalized spacial score (nSPS) is 26.9. The lowest BCUT2D eigenvalue weighted by Gasteiger charge is -2.37. The number of carbonyl (C=O) groups excluding carboxylic acids is 2. The highest BCUT2D eigenvalue weighted by atomic mass is 16.3. The molecule has 1 aromatic rings. The van der Waals surface area contributed by atoms with E-state index in [-0.39, 0.29) is 23.7 Å². The van der Waals surface area contributed by atoms with Gasteiger partial charge in [-0.05, 0) is 49.8 Å². The summed E-state index contributed by atoms with van der Waals surface area (Å²) in [6, 6.07) is 3.93. The van der Waals surface area contributed by atoms with Gasteiger partial charge in [-0.2, -0.15) is 0 Å². The Kier molecular flexibility index (Phi) is 5.43. The van der Waals surface area contributed by atoms with E-state index in [1.165, 1.54) is 6.42 Å². The molecular formula is C21H29N3O3. The highest BCUT2D eigenvalue weighted by Gasteiger charge is 2.38. The Hall–Kier alpha value is -1.95. The first-order chi connectivity index (χ1) is 13.1. The predicted molar refractivity (Wildman–Crippen MR) is 101 cm³/mol. The van der Waals surface area contributed by atoms with Crippen molar-refractivity contribution in [2.75, 3.05) is 26.2 Å². The molecule has 3 aliphatic rings. The molecular weight excluding hydrogens is 342 g/mol. The lowest BCUT2D eigenvalue weighted by molar-refractivity contribution is -0.143. The van der Waals surface area contributed by atoms with Gasteiger partial charge in [0.1, 0.15) is 0 Å². The second kappa shape index (κ2) is 7.97. The van der Waals surface area contributed by atoms with Crippen molar-refractivity contribution in [3.63, 3.8) is 0 Å². The van der Waals surface area contributed by atoms with Gasteiger partial charge in [0.15, 0.2) is 0 Å². The molecule has 1 saturated carbocycles. The van der Waals surface area contributed by atoms with Crippen LogP contribution in [-0.4, -0.2) is 64.0 Å². The van der Waals surface area contributed by atoms with Gasteiger partial charge in [0, 0.05) is 56.3 Å². The van der Waals surface area contributed by atoms with E-state index in [0.29, 0.717) is 32.1 Å². The minimum Gasteiger partial charge on any atom is -0.391 e.